The largest absolute Gasteiger partial charge is 0.308 e. The number of benzene rings is 7. The Morgan fingerprint density at radius 1 is 0.420 bits per heavy atom. The zero-order valence-corrected chi connectivity index (χ0v) is 28.0. The van der Waals surface area contributed by atoms with Gasteiger partial charge in [0.15, 0.2) is 8.07 Å². The molecule has 0 fully saturated rings. The van der Waals surface area contributed by atoms with E-state index in [1.54, 1.807) is 0 Å². The molecule has 0 aliphatic rings. The molecule has 0 unspecified atom stereocenters. The van der Waals surface area contributed by atoms with Crippen molar-refractivity contribution in [3.8, 4) is 35.0 Å². The molecular weight excluding hydrogens is 625 g/mol. The standard InChI is InChI=1S/C45H28N4Si/c46-29-32-23-25-44-39(27-32)38-19-10-11-21-42(38)49(44)43-22-12-20-37(41(43)31-48)40-28-33(30-47)24-26-45(40)50(34-13-4-1-5-14-34,35-15-6-2-7-16-35)36-17-8-3-9-18-36/h1-28H. The molecule has 7 aromatic carbocycles. The minimum atomic E-state index is -3.04. The van der Waals surface area contributed by atoms with E-state index in [-0.39, 0.29) is 0 Å². The van der Waals surface area contributed by atoms with Crippen LogP contribution in [0.3, 0.4) is 0 Å². The van der Waals surface area contributed by atoms with Gasteiger partial charge in [0.05, 0.1) is 45.5 Å². The second-order valence-electron chi connectivity index (χ2n) is 12.2. The van der Waals surface area contributed by atoms with E-state index >= 15 is 0 Å². The molecule has 0 N–H and O–H groups in total. The number of para-hydroxylation sites is 1. The number of aromatic nitrogens is 1. The van der Waals surface area contributed by atoms with E-state index in [1.165, 1.54) is 15.6 Å². The fourth-order valence-electron chi connectivity index (χ4n) is 7.57. The van der Waals surface area contributed by atoms with Crippen LogP contribution >= 0.6 is 0 Å². The van der Waals surface area contributed by atoms with E-state index in [0.717, 1.165) is 43.8 Å². The number of nitriles is 3. The Labute approximate surface area is 291 Å². The van der Waals surface area contributed by atoms with Crippen molar-refractivity contribution in [3.63, 3.8) is 0 Å². The van der Waals surface area contributed by atoms with Crippen molar-refractivity contribution in [1.82, 2.24) is 4.57 Å². The molecular formula is C45H28N4Si. The number of rotatable bonds is 6. The van der Waals surface area contributed by atoms with Crippen LogP contribution in [0.4, 0.5) is 0 Å². The molecule has 0 radical (unpaired) electrons. The van der Waals surface area contributed by atoms with E-state index in [2.05, 4.69) is 114 Å². The summed E-state index contributed by atoms with van der Waals surface area (Å²) in [5, 5.41) is 37.7. The first kappa shape index (κ1) is 30.4. The summed E-state index contributed by atoms with van der Waals surface area (Å²) in [4.78, 5) is 0. The van der Waals surface area contributed by atoms with E-state index in [1.807, 2.05) is 78.9 Å². The van der Waals surface area contributed by atoms with Crippen LogP contribution in [0.2, 0.25) is 0 Å². The molecule has 1 heterocycles. The average molecular weight is 653 g/mol. The lowest BCUT2D eigenvalue weighted by atomic mass is 9.97. The predicted octanol–water partition coefficient (Wildman–Crippen LogP) is 7.44. The number of nitrogens with zero attached hydrogens (tertiary/aromatic N) is 4. The highest BCUT2D eigenvalue weighted by Crippen LogP contribution is 2.36. The van der Waals surface area contributed by atoms with Gasteiger partial charge < -0.3 is 4.57 Å². The average Bonchev–Trinajstić information content (AvgIpc) is 3.52. The fraction of sp³-hybridized carbons (Fsp3) is 0. The summed E-state index contributed by atoms with van der Waals surface area (Å²) in [6, 6.07) is 64.9. The first-order valence-corrected chi connectivity index (χ1v) is 18.4. The number of fused-ring (bicyclic) bond motifs is 3. The molecule has 4 nitrogen and oxygen atoms in total. The third-order valence-electron chi connectivity index (χ3n) is 9.66. The lowest BCUT2D eigenvalue weighted by molar-refractivity contribution is 1.17. The first-order valence-electron chi connectivity index (χ1n) is 16.4. The molecule has 0 aliphatic carbocycles. The monoisotopic (exact) mass is 652 g/mol. The summed E-state index contributed by atoms with van der Waals surface area (Å²) in [5.74, 6) is 0. The van der Waals surface area contributed by atoms with Gasteiger partial charge in [0, 0.05) is 16.3 Å². The quantitative estimate of drug-likeness (QED) is 0.138. The highest BCUT2D eigenvalue weighted by atomic mass is 28.3. The summed E-state index contributed by atoms with van der Waals surface area (Å²) >= 11 is 0. The Hall–Kier alpha value is -6.97. The summed E-state index contributed by atoms with van der Waals surface area (Å²) in [6.07, 6.45) is 0. The SMILES string of the molecule is N#Cc1ccc([Si](c2ccccc2)(c2ccccc2)c2ccccc2)c(-c2cccc(-n3c4ccccc4c4cc(C#N)ccc43)c2C#N)c1. The molecule has 0 saturated heterocycles. The van der Waals surface area contributed by atoms with Gasteiger partial charge >= 0.3 is 0 Å². The molecule has 0 amide bonds. The summed E-state index contributed by atoms with van der Waals surface area (Å²) < 4.78 is 2.12. The van der Waals surface area contributed by atoms with Crippen LogP contribution in [0.5, 0.6) is 0 Å². The van der Waals surface area contributed by atoms with Crippen molar-refractivity contribution in [2.24, 2.45) is 0 Å². The third kappa shape index (κ3) is 4.72. The van der Waals surface area contributed by atoms with Crippen LogP contribution in [0.15, 0.2) is 170 Å². The van der Waals surface area contributed by atoms with Crippen molar-refractivity contribution in [1.29, 1.82) is 15.8 Å². The van der Waals surface area contributed by atoms with Gasteiger partial charge in [-0.3, -0.25) is 0 Å². The van der Waals surface area contributed by atoms with Crippen LogP contribution in [0, 0.1) is 34.0 Å². The molecule has 8 aromatic rings. The molecule has 0 aliphatic heterocycles. The Morgan fingerprint density at radius 2 is 0.960 bits per heavy atom. The molecule has 0 saturated carbocycles. The van der Waals surface area contributed by atoms with Gasteiger partial charge in [-0.2, -0.15) is 15.8 Å². The fourth-order valence-corrected chi connectivity index (χ4v) is 12.5. The van der Waals surface area contributed by atoms with Crippen LogP contribution in [-0.2, 0) is 0 Å². The molecule has 0 spiro atoms. The molecule has 8 rings (SSSR count). The van der Waals surface area contributed by atoms with Gasteiger partial charge in [0.1, 0.15) is 6.07 Å². The van der Waals surface area contributed by atoms with Gasteiger partial charge in [-0.1, -0.05) is 127 Å². The number of hydrogen-bond donors (Lipinski definition) is 0. The van der Waals surface area contributed by atoms with E-state index in [4.69, 9.17) is 0 Å². The van der Waals surface area contributed by atoms with Crippen molar-refractivity contribution >= 4 is 50.6 Å². The second kappa shape index (κ2) is 12.6. The van der Waals surface area contributed by atoms with Crippen LogP contribution < -0.4 is 20.7 Å². The Balaban J connectivity index is 1.50. The third-order valence-corrected chi connectivity index (χ3v) is 14.5. The lowest BCUT2D eigenvalue weighted by Gasteiger charge is -2.36. The topological polar surface area (TPSA) is 76.3 Å². The predicted molar refractivity (Wildman–Crippen MR) is 204 cm³/mol. The van der Waals surface area contributed by atoms with Crippen molar-refractivity contribution in [2.75, 3.05) is 0 Å². The van der Waals surface area contributed by atoms with Gasteiger partial charge in [0.25, 0.3) is 0 Å². The molecule has 0 atom stereocenters. The van der Waals surface area contributed by atoms with Crippen molar-refractivity contribution in [2.45, 2.75) is 0 Å². The summed E-state index contributed by atoms with van der Waals surface area (Å²) in [5.41, 5.74) is 5.82. The van der Waals surface area contributed by atoms with E-state index < -0.39 is 8.07 Å². The highest BCUT2D eigenvalue weighted by Gasteiger charge is 2.43. The van der Waals surface area contributed by atoms with Crippen LogP contribution in [0.1, 0.15) is 16.7 Å². The molecule has 0 bridgehead atoms. The van der Waals surface area contributed by atoms with Gasteiger partial charge in [-0.05, 0) is 68.8 Å². The zero-order chi connectivity index (χ0) is 34.1. The Kier molecular flexibility index (Phi) is 7.63. The first-order chi connectivity index (χ1) is 24.7. The van der Waals surface area contributed by atoms with E-state index in [0.29, 0.717) is 16.7 Å². The molecule has 50 heavy (non-hydrogen) atoms. The zero-order valence-electron chi connectivity index (χ0n) is 27.0. The van der Waals surface area contributed by atoms with Crippen LogP contribution in [0.25, 0.3) is 38.6 Å². The number of hydrogen-bond acceptors (Lipinski definition) is 3. The maximum atomic E-state index is 11.1. The van der Waals surface area contributed by atoms with Crippen molar-refractivity contribution in [3.05, 3.63) is 187 Å². The summed E-state index contributed by atoms with van der Waals surface area (Å²) in [6.45, 7) is 0. The lowest BCUT2D eigenvalue weighted by Crippen LogP contribution is -2.75. The smallest absolute Gasteiger partial charge is 0.180 e. The Morgan fingerprint density at radius 3 is 1.56 bits per heavy atom. The highest BCUT2D eigenvalue weighted by molar-refractivity contribution is 7.20. The normalized spacial score (nSPS) is 11.1. The minimum absolute atomic E-state index is 0.507. The Bertz CT molecular complexity index is 2580. The van der Waals surface area contributed by atoms with Gasteiger partial charge in [-0.15, -0.1) is 0 Å². The molecule has 232 valence electrons. The maximum Gasteiger partial charge on any atom is 0.180 e. The van der Waals surface area contributed by atoms with E-state index in [9.17, 15) is 15.8 Å². The summed E-state index contributed by atoms with van der Waals surface area (Å²) in [7, 11) is -3.04. The minimum Gasteiger partial charge on any atom is -0.308 e. The van der Waals surface area contributed by atoms with Crippen LogP contribution in [-0.4, -0.2) is 12.6 Å². The van der Waals surface area contributed by atoms with Gasteiger partial charge in [0.2, 0.25) is 0 Å². The van der Waals surface area contributed by atoms with Crippen molar-refractivity contribution < 1.29 is 0 Å². The second-order valence-corrected chi connectivity index (χ2v) is 16.0. The molecule has 1 aromatic heterocycles. The van der Waals surface area contributed by atoms with Gasteiger partial charge in [-0.25, -0.2) is 0 Å². The molecule has 5 heteroatoms. The maximum absolute atomic E-state index is 11.1.